The van der Waals surface area contributed by atoms with Gasteiger partial charge >= 0.3 is 5.97 Å². The number of piperidine rings is 1. The van der Waals surface area contributed by atoms with Crippen molar-refractivity contribution < 1.29 is 22.7 Å². The van der Waals surface area contributed by atoms with E-state index >= 15 is 0 Å². The van der Waals surface area contributed by atoms with E-state index in [0.29, 0.717) is 18.7 Å². The average molecular weight is 436 g/mol. The SMILES string of the molecule is CS(=O)(=O)c1cc(C(=O)OC(C(=O)N2CCCCC2)c2ccccc2)ccc1Cl. The van der Waals surface area contributed by atoms with Crippen molar-refractivity contribution in [2.45, 2.75) is 30.3 Å². The van der Waals surface area contributed by atoms with Crippen LogP contribution in [-0.4, -0.2) is 44.5 Å². The van der Waals surface area contributed by atoms with E-state index in [1.54, 1.807) is 29.2 Å². The van der Waals surface area contributed by atoms with Gasteiger partial charge in [-0.2, -0.15) is 0 Å². The molecule has 1 heterocycles. The first-order valence-electron chi connectivity index (χ1n) is 9.31. The Morgan fingerprint density at radius 1 is 1.03 bits per heavy atom. The Hall–Kier alpha value is -2.38. The number of hydrogen-bond donors (Lipinski definition) is 0. The van der Waals surface area contributed by atoms with Gasteiger partial charge in [-0.3, -0.25) is 4.79 Å². The van der Waals surface area contributed by atoms with E-state index < -0.39 is 21.9 Å². The lowest BCUT2D eigenvalue weighted by Crippen LogP contribution is -2.40. The number of likely N-dealkylation sites (tertiary alicyclic amines) is 1. The summed E-state index contributed by atoms with van der Waals surface area (Å²) in [4.78, 5) is 27.4. The topological polar surface area (TPSA) is 80.7 Å². The van der Waals surface area contributed by atoms with E-state index in [1.807, 2.05) is 6.07 Å². The number of hydrogen-bond acceptors (Lipinski definition) is 5. The second-order valence-electron chi connectivity index (χ2n) is 7.00. The molecule has 2 aromatic carbocycles. The number of carbonyl (C=O) groups excluding carboxylic acids is 2. The van der Waals surface area contributed by atoms with E-state index in [1.165, 1.54) is 18.2 Å². The molecule has 3 rings (SSSR count). The zero-order valence-corrected chi connectivity index (χ0v) is 17.6. The van der Waals surface area contributed by atoms with Gasteiger partial charge in [-0.1, -0.05) is 41.9 Å². The zero-order chi connectivity index (χ0) is 21.0. The van der Waals surface area contributed by atoms with Crippen LogP contribution in [0.5, 0.6) is 0 Å². The van der Waals surface area contributed by atoms with Gasteiger partial charge in [0, 0.05) is 24.9 Å². The molecule has 0 N–H and O–H groups in total. The summed E-state index contributed by atoms with van der Waals surface area (Å²) in [5, 5.41) is 0.0213. The average Bonchev–Trinajstić information content (AvgIpc) is 2.72. The Labute approximate surface area is 175 Å². The van der Waals surface area contributed by atoms with E-state index in [0.717, 1.165) is 25.5 Å². The third kappa shape index (κ3) is 5.16. The smallest absolute Gasteiger partial charge is 0.339 e. The number of amides is 1. The summed E-state index contributed by atoms with van der Waals surface area (Å²) in [6.07, 6.45) is 2.81. The van der Waals surface area contributed by atoms with E-state index in [4.69, 9.17) is 16.3 Å². The van der Waals surface area contributed by atoms with Crippen LogP contribution in [0.1, 0.15) is 41.3 Å². The molecule has 0 radical (unpaired) electrons. The van der Waals surface area contributed by atoms with Crippen molar-refractivity contribution in [1.29, 1.82) is 0 Å². The van der Waals surface area contributed by atoms with E-state index in [9.17, 15) is 18.0 Å². The molecule has 29 heavy (non-hydrogen) atoms. The minimum atomic E-state index is -3.62. The molecule has 8 heteroatoms. The molecule has 0 aliphatic carbocycles. The fraction of sp³-hybridized carbons (Fsp3) is 0.333. The fourth-order valence-electron chi connectivity index (χ4n) is 3.26. The number of carbonyl (C=O) groups is 2. The van der Waals surface area contributed by atoms with Crippen LogP contribution >= 0.6 is 11.6 Å². The standard InChI is InChI=1S/C21H22ClNO5S/c1-29(26,27)18-14-16(10-11-17(18)22)21(25)28-19(15-8-4-2-5-9-15)20(24)23-12-6-3-7-13-23/h2,4-5,8-11,14,19H,3,6-7,12-13H2,1H3. The van der Waals surface area contributed by atoms with Crippen molar-refractivity contribution in [2.24, 2.45) is 0 Å². The third-order valence-electron chi connectivity index (χ3n) is 4.79. The normalized spacial score (nSPS) is 15.6. The highest BCUT2D eigenvalue weighted by Crippen LogP contribution is 2.26. The first-order valence-corrected chi connectivity index (χ1v) is 11.6. The predicted molar refractivity (Wildman–Crippen MR) is 110 cm³/mol. The Morgan fingerprint density at radius 2 is 1.69 bits per heavy atom. The van der Waals surface area contributed by atoms with Gasteiger partial charge in [-0.25, -0.2) is 13.2 Å². The van der Waals surface area contributed by atoms with Crippen molar-refractivity contribution in [3.63, 3.8) is 0 Å². The second-order valence-corrected chi connectivity index (χ2v) is 9.39. The molecular weight excluding hydrogens is 414 g/mol. The largest absolute Gasteiger partial charge is 0.444 e. The Balaban J connectivity index is 1.90. The van der Waals surface area contributed by atoms with Gasteiger partial charge in [0.25, 0.3) is 5.91 Å². The first kappa shape index (κ1) is 21.3. The van der Waals surface area contributed by atoms with Crippen LogP contribution in [0.15, 0.2) is 53.4 Å². The van der Waals surface area contributed by atoms with Crippen LogP contribution in [-0.2, 0) is 19.4 Å². The molecule has 1 atom stereocenters. The molecule has 1 unspecified atom stereocenters. The first-order chi connectivity index (χ1) is 13.8. The minimum absolute atomic E-state index is 0.0159. The van der Waals surface area contributed by atoms with Crippen molar-refractivity contribution >= 4 is 33.3 Å². The van der Waals surface area contributed by atoms with Crippen LogP contribution in [0.25, 0.3) is 0 Å². The molecular formula is C21H22ClNO5S. The summed E-state index contributed by atoms with van der Waals surface area (Å²) in [6.45, 7) is 1.25. The maximum atomic E-state index is 13.1. The van der Waals surface area contributed by atoms with Gasteiger partial charge in [0.1, 0.15) is 0 Å². The fourth-order valence-corrected chi connectivity index (χ4v) is 4.56. The lowest BCUT2D eigenvalue weighted by Gasteiger charge is -2.30. The number of esters is 1. The predicted octanol–water partition coefficient (Wildman–Crippen LogP) is 3.65. The summed E-state index contributed by atoms with van der Waals surface area (Å²) in [6, 6.07) is 12.7. The summed E-state index contributed by atoms with van der Waals surface area (Å²) >= 11 is 5.95. The Bertz CT molecular complexity index is 1000. The van der Waals surface area contributed by atoms with Gasteiger partial charge in [0.2, 0.25) is 6.10 Å². The molecule has 0 bridgehead atoms. The molecule has 0 spiro atoms. The maximum absolute atomic E-state index is 13.1. The van der Waals surface area contributed by atoms with Gasteiger partial charge < -0.3 is 9.64 Å². The number of ether oxygens (including phenoxy) is 1. The van der Waals surface area contributed by atoms with Gasteiger partial charge in [0.15, 0.2) is 9.84 Å². The van der Waals surface area contributed by atoms with Crippen molar-refractivity contribution in [3.8, 4) is 0 Å². The number of halogens is 1. The van der Waals surface area contributed by atoms with Crippen LogP contribution in [0, 0.1) is 0 Å². The molecule has 6 nitrogen and oxygen atoms in total. The third-order valence-corrected chi connectivity index (χ3v) is 6.36. The lowest BCUT2D eigenvalue weighted by atomic mass is 10.1. The summed E-state index contributed by atoms with van der Waals surface area (Å²) in [5.74, 6) is -1.06. The van der Waals surface area contributed by atoms with Crippen LogP contribution in [0.4, 0.5) is 0 Å². The highest BCUT2D eigenvalue weighted by molar-refractivity contribution is 7.90. The number of rotatable bonds is 5. The Morgan fingerprint density at radius 3 is 2.31 bits per heavy atom. The molecule has 1 amide bonds. The highest BCUT2D eigenvalue weighted by atomic mass is 35.5. The molecule has 1 aliphatic rings. The van der Waals surface area contributed by atoms with Crippen LogP contribution in [0.2, 0.25) is 5.02 Å². The molecule has 0 aromatic heterocycles. The quantitative estimate of drug-likeness (QED) is 0.669. The molecule has 1 fully saturated rings. The van der Waals surface area contributed by atoms with Gasteiger partial charge in [-0.15, -0.1) is 0 Å². The molecule has 2 aromatic rings. The monoisotopic (exact) mass is 435 g/mol. The summed E-state index contributed by atoms with van der Waals surface area (Å²) < 4.78 is 29.4. The molecule has 1 aliphatic heterocycles. The van der Waals surface area contributed by atoms with Crippen molar-refractivity contribution in [1.82, 2.24) is 4.90 Å². The van der Waals surface area contributed by atoms with Gasteiger partial charge in [-0.05, 0) is 37.5 Å². The van der Waals surface area contributed by atoms with Crippen molar-refractivity contribution in [3.05, 3.63) is 64.7 Å². The van der Waals surface area contributed by atoms with Crippen LogP contribution < -0.4 is 0 Å². The molecule has 1 saturated heterocycles. The summed E-state index contributed by atoms with van der Waals surface area (Å²) in [5.41, 5.74) is 0.580. The summed E-state index contributed by atoms with van der Waals surface area (Å²) in [7, 11) is -3.62. The zero-order valence-electron chi connectivity index (χ0n) is 16.0. The molecule has 154 valence electrons. The van der Waals surface area contributed by atoms with E-state index in [2.05, 4.69) is 0 Å². The van der Waals surface area contributed by atoms with Crippen molar-refractivity contribution in [2.75, 3.05) is 19.3 Å². The molecule has 0 saturated carbocycles. The minimum Gasteiger partial charge on any atom is -0.444 e. The highest BCUT2D eigenvalue weighted by Gasteiger charge is 2.31. The number of nitrogens with zero attached hydrogens (tertiary/aromatic N) is 1. The number of benzene rings is 2. The second kappa shape index (κ2) is 8.97. The maximum Gasteiger partial charge on any atom is 0.339 e. The Kier molecular flexibility index (Phi) is 6.59. The lowest BCUT2D eigenvalue weighted by molar-refractivity contribution is -0.142. The number of sulfone groups is 1. The van der Waals surface area contributed by atoms with Gasteiger partial charge in [0.05, 0.1) is 15.5 Å². The van der Waals surface area contributed by atoms with E-state index in [-0.39, 0.29) is 21.4 Å². The van der Waals surface area contributed by atoms with Crippen LogP contribution in [0.3, 0.4) is 0 Å².